The van der Waals surface area contributed by atoms with E-state index in [0.29, 0.717) is 5.52 Å². The number of benzene rings is 1. The number of nitro benzene ring substituents is 1. The van der Waals surface area contributed by atoms with Gasteiger partial charge in [0.05, 0.1) is 22.2 Å². The number of aromatic amines is 1. The minimum Gasteiger partial charge on any atom is -0.313 e. The summed E-state index contributed by atoms with van der Waals surface area (Å²) in [4.78, 5) is 40.7. The van der Waals surface area contributed by atoms with Crippen molar-refractivity contribution in [2.75, 3.05) is 0 Å². The van der Waals surface area contributed by atoms with Crippen LogP contribution in [0.15, 0.2) is 23.3 Å². The fourth-order valence-corrected chi connectivity index (χ4v) is 1.90. The summed E-state index contributed by atoms with van der Waals surface area (Å²) in [6.45, 7) is 5.27. The van der Waals surface area contributed by atoms with E-state index in [0.717, 1.165) is 0 Å². The Balaban J connectivity index is 2.62. The van der Waals surface area contributed by atoms with E-state index in [1.54, 1.807) is 20.8 Å². The summed E-state index contributed by atoms with van der Waals surface area (Å²) < 4.78 is 0. The molecule has 0 aliphatic heterocycles. The summed E-state index contributed by atoms with van der Waals surface area (Å²) in [5.74, 6) is -0.116. The zero-order valence-electron chi connectivity index (χ0n) is 12.0. The lowest BCUT2D eigenvalue weighted by molar-refractivity contribution is -0.385. The highest BCUT2D eigenvalue weighted by atomic mass is 16.6. The van der Waals surface area contributed by atoms with Gasteiger partial charge in [0.15, 0.2) is 0 Å². The number of rotatable bonds is 3. The average Bonchev–Trinajstić information content (AvgIpc) is 2.37. The van der Waals surface area contributed by atoms with Gasteiger partial charge < -0.3 is 4.98 Å². The number of hydrogen-bond donors (Lipinski definition) is 1. The Hall–Kier alpha value is -2.57. The average molecular weight is 289 g/mol. The second-order valence-electron chi connectivity index (χ2n) is 5.84. The Morgan fingerprint density at radius 3 is 2.62 bits per heavy atom. The van der Waals surface area contributed by atoms with Crippen LogP contribution < -0.4 is 5.56 Å². The van der Waals surface area contributed by atoms with Crippen molar-refractivity contribution in [1.82, 2.24) is 9.97 Å². The predicted molar refractivity (Wildman–Crippen MR) is 77.2 cm³/mol. The summed E-state index contributed by atoms with van der Waals surface area (Å²) in [7, 11) is 0. The van der Waals surface area contributed by atoms with Crippen molar-refractivity contribution in [2.45, 2.75) is 27.2 Å². The van der Waals surface area contributed by atoms with Crippen molar-refractivity contribution in [2.24, 2.45) is 5.41 Å². The van der Waals surface area contributed by atoms with Crippen LogP contribution in [0.2, 0.25) is 0 Å². The topological polar surface area (TPSA) is 106 Å². The zero-order valence-corrected chi connectivity index (χ0v) is 12.0. The van der Waals surface area contributed by atoms with E-state index in [4.69, 9.17) is 0 Å². The molecule has 0 spiro atoms. The SMILES string of the molecule is CC(C)(C)C(=O)Cc1cc2nc[nH]c(=O)c2cc1[N+](=O)[O-]. The van der Waals surface area contributed by atoms with Gasteiger partial charge in [-0.25, -0.2) is 4.98 Å². The maximum absolute atomic E-state index is 12.1. The van der Waals surface area contributed by atoms with E-state index >= 15 is 0 Å². The molecule has 2 aromatic rings. The van der Waals surface area contributed by atoms with Gasteiger partial charge in [0.1, 0.15) is 5.78 Å². The first-order chi connectivity index (χ1) is 9.70. The van der Waals surface area contributed by atoms with Crippen LogP contribution in [0, 0.1) is 15.5 Å². The number of aromatic nitrogens is 2. The second-order valence-corrected chi connectivity index (χ2v) is 5.84. The van der Waals surface area contributed by atoms with Crippen molar-refractivity contribution in [3.8, 4) is 0 Å². The van der Waals surface area contributed by atoms with Crippen molar-refractivity contribution in [1.29, 1.82) is 0 Å². The molecule has 1 heterocycles. The molecule has 0 bridgehead atoms. The maximum atomic E-state index is 12.1. The van der Waals surface area contributed by atoms with Crippen LogP contribution in [0.5, 0.6) is 0 Å². The molecule has 0 aliphatic carbocycles. The molecule has 7 heteroatoms. The Labute approximate surface area is 120 Å². The minimum atomic E-state index is -0.593. The van der Waals surface area contributed by atoms with Crippen LogP contribution in [0.4, 0.5) is 5.69 Å². The number of carbonyl (C=O) groups is 1. The molecule has 1 N–H and O–H groups in total. The van der Waals surface area contributed by atoms with Gasteiger partial charge in [-0.2, -0.15) is 0 Å². The number of nitrogens with zero attached hydrogens (tertiary/aromatic N) is 2. The number of H-pyrrole nitrogens is 1. The van der Waals surface area contributed by atoms with Crippen LogP contribution in [-0.4, -0.2) is 20.7 Å². The van der Waals surface area contributed by atoms with Crippen LogP contribution in [0.25, 0.3) is 10.9 Å². The molecule has 1 aromatic heterocycles. The largest absolute Gasteiger partial charge is 0.313 e. The molecular formula is C14H15N3O4. The first-order valence-corrected chi connectivity index (χ1v) is 6.38. The Morgan fingerprint density at radius 2 is 2.05 bits per heavy atom. The highest BCUT2D eigenvalue weighted by Gasteiger charge is 2.25. The molecule has 0 atom stereocenters. The molecule has 0 unspecified atom stereocenters. The maximum Gasteiger partial charge on any atom is 0.273 e. The van der Waals surface area contributed by atoms with Gasteiger partial charge in [0.2, 0.25) is 0 Å². The van der Waals surface area contributed by atoms with Gasteiger partial charge >= 0.3 is 0 Å². The number of fused-ring (bicyclic) bond motifs is 1. The standard InChI is InChI=1S/C14H15N3O4/c1-14(2,3)12(18)5-8-4-10-9(6-11(8)17(20)21)13(19)16-7-15-10/h4,6-7H,5H2,1-3H3,(H,15,16,19). The summed E-state index contributed by atoms with van der Waals surface area (Å²) in [5, 5.41) is 11.3. The normalized spacial score (nSPS) is 11.6. The molecular weight excluding hydrogens is 274 g/mol. The van der Waals surface area contributed by atoms with E-state index in [2.05, 4.69) is 9.97 Å². The summed E-state index contributed by atoms with van der Waals surface area (Å²) in [6, 6.07) is 2.61. The van der Waals surface area contributed by atoms with Crippen LogP contribution in [0.3, 0.4) is 0 Å². The third-order valence-corrected chi connectivity index (χ3v) is 3.23. The Kier molecular flexibility index (Phi) is 3.59. The fraction of sp³-hybridized carbons (Fsp3) is 0.357. The molecule has 110 valence electrons. The smallest absolute Gasteiger partial charge is 0.273 e. The number of hydrogen-bond acceptors (Lipinski definition) is 5. The third-order valence-electron chi connectivity index (χ3n) is 3.23. The molecule has 7 nitrogen and oxygen atoms in total. The monoisotopic (exact) mass is 289 g/mol. The lowest BCUT2D eigenvalue weighted by Gasteiger charge is -2.16. The molecule has 0 aliphatic rings. The predicted octanol–water partition coefficient (Wildman–Crippen LogP) is 1.99. The van der Waals surface area contributed by atoms with Crippen molar-refractivity contribution in [3.05, 3.63) is 44.5 Å². The molecule has 0 saturated heterocycles. The molecule has 0 fully saturated rings. The molecule has 1 aromatic carbocycles. The molecule has 0 amide bonds. The van der Waals surface area contributed by atoms with Gasteiger partial charge in [-0.15, -0.1) is 0 Å². The minimum absolute atomic E-state index is 0.0652. The van der Waals surface area contributed by atoms with Crippen LogP contribution >= 0.6 is 0 Å². The highest BCUT2D eigenvalue weighted by molar-refractivity contribution is 5.89. The Bertz CT molecular complexity index is 787. The first-order valence-electron chi connectivity index (χ1n) is 6.38. The van der Waals surface area contributed by atoms with E-state index in [1.807, 2.05) is 0 Å². The van der Waals surface area contributed by atoms with Gasteiger partial charge in [0, 0.05) is 23.5 Å². The van der Waals surface area contributed by atoms with Gasteiger partial charge in [0.25, 0.3) is 11.2 Å². The van der Waals surface area contributed by atoms with Gasteiger partial charge in [-0.1, -0.05) is 20.8 Å². The van der Waals surface area contributed by atoms with Gasteiger partial charge in [-0.3, -0.25) is 19.7 Å². The number of carbonyl (C=O) groups excluding carboxylic acids is 1. The first kappa shape index (κ1) is 14.8. The third kappa shape index (κ3) is 2.96. The summed E-state index contributed by atoms with van der Waals surface area (Å²) >= 11 is 0. The summed E-state index contributed by atoms with van der Waals surface area (Å²) in [6.07, 6.45) is 1.16. The number of nitrogens with one attached hydrogen (secondary N) is 1. The van der Waals surface area contributed by atoms with Crippen LogP contribution in [-0.2, 0) is 11.2 Å². The van der Waals surface area contributed by atoms with E-state index in [9.17, 15) is 19.7 Å². The highest BCUT2D eigenvalue weighted by Crippen LogP contribution is 2.26. The van der Waals surface area contributed by atoms with E-state index in [-0.39, 0.29) is 28.8 Å². The van der Waals surface area contributed by atoms with Crippen LogP contribution in [0.1, 0.15) is 26.3 Å². The van der Waals surface area contributed by atoms with E-state index < -0.39 is 15.9 Å². The van der Waals surface area contributed by atoms with Crippen molar-refractivity contribution >= 4 is 22.4 Å². The number of Topliss-reactive ketones (excluding diaryl/α,β-unsaturated/α-hetero) is 1. The molecule has 0 radical (unpaired) electrons. The molecule has 21 heavy (non-hydrogen) atoms. The lowest BCUT2D eigenvalue weighted by Crippen LogP contribution is -2.22. The zero-order chi connectivity index (χ0) is 15.8. The quantitative estimate of drug-likeness (QED) is 0.687. The van der Waals surface area contributed by atoms with Crippen molar-refractivity contribution < 1.29 is 9.72 Å². The summed E-state index contributed by atoms with van der Waals surface area (Å²) in [5.41, 5.74) is -0.674. The lowest BCUT2D eigenvalue weighted by atomic mass is 9.86. The fourth-order valence-electron chi connectivity index (χ4n) is 1.90. The van der Waals surface area contributed by atoms with E-state index in [1.165, 1.54) is 18.5 Å². The number of ketones is 1. The van der Waals surface area contributed by atoms with Gasteiger partial charge in [-0.05, 0) is 6.07 Å². The number of nitro groups is 1. The second kappa shape index (κ2) is 5.08. The Morgan fingerprint density at radius 1 is 1.38 bits per heavy atom. The molecule has 0 saturated carbocycles. The molecule has 2 rings (SSSR count). The van der Waals surface area contributed by atoms with Crippen molar-refractivity contribution in [3.63, 3.8) is 0 Å².